The number of primary amides is 1. The van der Waals surface area contributed by atoms with Crippen molar-refractivity contribution in [3.05, 3.63) is 30.3 Å². The number of para-hydroxylation sites is 1. The molecule has 0 unspecified atom stereocenters. The number of hydrogen-bond donors (Lipinski definition) is 3. The maximum Gasteiger partial charge on any atom is 0.326 e. The number of nitrogens with two attached hydrogens (primary N) is 1. The summed E-state index contributed by atoms with van der Waals surface area (Å²) in [4.78, 5) is 10.2. The van der Waals surface area contributed by atoms with Gasteiger partial charge in [-0.2, -0.15) is 0 Å². The molecule has 14 heavy (non-hydrogen) atoms. The highest BCUT2D eigenvalue weighted by atomic mass is 16.5. The summed E-state index contributed by atoms with van der Waals surface area (Å²) in [5, 5.41) is 0. The Morgan fingerprint density at radius 1 is 1.36 bits per heavy atom. The van der Waals surface area contributed by atoms with Crippen LogP contribution in [0.15, 0.2) is 30.3 Å². The molecule has 0 aromatic heterocycles. The first-order valence-corrected chi connectivity index (χ1v) is 4.25. The highest BCUT2D eigenvalue weighted by molar-refractivity contribution is 5.70. The van der Waals surface area contributed by atoms with Crippen LogP contribution in [0.2, 0.25) is 0 Å². The first kappa shape index (κ1) is 10.3. The predicted molar refractivity (Wildman–Crippen MR) is 52.7 cm³/mol. The number of hydrazine groups is 1. The van der Waals surface area contributed by atoms with Gasteiger partial charge in [-0.1, -0.05) is 18.2 Å². The van der Waals surface area contributed by atoms with Gasteiger partial charge in [-0.05, 0) is 12.1 Å². The van der Waals surface area contributed by atoms with E-state index in [1.165, 1.54) is 0 Å². The second-order valence-corrected chi connectivity index (χ2v) is 2.58. The number of amides is 2. The van der Waals surface area contributed by atoms with E-state index in [0.717, 1.165) is 5.75 Å². The molecule has 0 fully saturated rings. The Labute approximate surface area is 82.2 Å². The molecule has 4 N–H and O–H groups in total. The molecule has 0 saturated heterocycles. The van der Waals surface area contributed by atoms with Crippen molar-refractivity contribution in [3.8, 4) is 5.75 Å². The molecule has 2 amide bonds. The summed E-state index contributed by atoms with van der Waals surface area (Å²) in [6, 6.07) is 8.82. The van der Waals surface area contributed by atoms with Gasteiger partial charge in [0.2, 0.25) is 0 Å². The predicted octanol–water partition coefficient (Wildman–Crippen LogP) is 0.238. The Hall–Kier alpha value is -1.75. The standard InChI is InChI=1S/C9H13N3O2/c10-9(13)12-11-6-7-14-8-4-2-1-3-5-8/h1-5,11H,6-7H2,(H3,10,12,13). The van der Waals surface area contributed by atoms with Crippen molar-refractivity contribution in [2.24, 2.45) is 5.73 Å². The first-order valence-electron chi connectivity index (χ1n) is 4.25. The molecule has 76 valence electrons. The monoisotopic (exact) mass is 195 g/mol. The van der Waals surface area contributed by atoms with Gasteiger partial charge in [0.15, 0.2) is 0 Å². The van der Waals surface area contributed by atoms with Gasteiger partial charge < -0.3 is 10.5 Å². The molecule has 0 aliphatic heterocycles. The number of carbonyl (C=O) groups is 1. The average molecular weight is 195 g/mol. The van der Waals surface area contributed by atoms with Crippen molar-refractivity contribution in [1.82, 2.24) is 10.9 Å². The minimum absolute atomic E-state index is 0.463. The van der Waals surface area contributed by atoms with Gasteiger partial charge in [0.25, 0.3) is 0 Å². The van der Waals surface area contributed by atoms with Crippen LogP contribution >= 0.6 is 0 Å². The molecule has 0 aliphatic carbocycles. The number of ether oxygens (including phenoxy) is 1. The van der Waals surface area contributed by atoms with Crippen molar-refractivity contribution in [3.63, 3.8) is 0 Å². The van der Waals surface area contributed by atoms with E-state index in [0.29, 0.717) is 13.2 Å². The summed E-state index contributed by atoms with van der Waals surface area (Å²) in [7, 11) is 0. The Bertz CT molecular complexity index is 277. The molecule has 1 rings (SSSR count). The molecule has 0 saturated carbocycles. The SMILES string of the molecule is NC(=O)NNCCOc1ccccc1. The number of urea groups is 1. The summed E-state index contributed by atoms with van der Waals surface area (Å²) < 4.78 is 5.33. The van der Waals surface area contributed by atoms with Gasteiger partial charge in [0.1, 0.15) is 12.4 Å². The largest absolute Gasteiger partial charge is 0.492 e. The van der Waals surface area contributed by atoms with E-state index in [1.54, 1.807) is 0 Å². The van der Waals surface area contributed by atoms with Crippen LogP contribution in [0.1, 0.15) is 0 Å². The zero-order chi connectivity index (χ0) is 10.2. The highest BCUT2D eigenvalue weighted by Crippen LogP contribution is 2.07. The quantitative estimate of drug-likeness (QED) is 0.465. The van der Waals surface area contributed by atoms with Crippen molar-refractivity contribution < 1.29 is 9.53 Å². The lowest BCUT2D eigenvalue weighted by molar-refractivity contribution is 0.241. The van der Waals surface area contributed by atoms with Crippen molar-refractivity contribution in [1.29, 1.82) is 0 Å². The number of carbonyl (C=O) groups excluding carboxylic acids is 1. The van der Waals surface area contributed by atoms with Crippen molar-refractivity contribution in [2.75, 3.05) is 13.2 Å². The van der Waals surface area contributed by atoms with E-state index in [9.17, 15) is 4.79 Å². The topological polar surface area (TPSA) is 76.4 Å². The minimum Gasteiger partial charge on any atom is -0.492 e. The van der Waals surface area contributed by atoms with Crippen LogP contribution in [-0.4, -0.2) is 19.2 Å². The van der Waals surface area contributed by atoms with Gasteiger partial charge in [0.05, 0.1) is 0 Å². The third-order valence-electron chi connectivity index (χ3n) is 1.45. The van der Waals surface area contributed by atoms with Crippen LogP contribution in [0.25, 0.3) is 0 Å². The van der Waals surface area contributed by atoms with E-state index in [1.807, 2.05) is 30.3 Å². The first-order chi connectivity index (χ1) is 6.79. The Morgan fingerprint density at radius 3 is 2.71 bits per heavy atom. The maximum absolute atomic E-state index is 10.2. The van der Waals surface area contributed by atoms with E-state index in [4.69, 9.17) is 10.5 Å². The molecular formula is C9H13N3O2. The fourth-order valence-corrected chi connectivity index (χ4v) is 0.886. The van der Waals surface area contributed by atoms with Gasteiger partial charge in [-0.15, -0.1) is 0 Å². The Morgan fingerprint density at radius 2 is 2.07 bits per heavy atom. The summed E-state index contributed by atoms with van der Waals surface area (Å²) >= 11 is 0. The molecule has 5 nitrogen and oxygen atoms in total. The average Bonchev–Trinajstić information content (AvgIpc) is 2.18. The van der Waals surface area contributed by atoms with Crippen LogP contribution in [-0.2, 0) is 0 Å². The molecule has 0 spiro atoms. The molecule has 0 radical (unpaired) electrons. The minimum atomic E-state index is -0.607. The molecule has 0 heterocycles. The van der Waals surface area contributed by atoms with Crippen LogP contribution in [0, 0.1) is 0 Å². The number of nitrogens with one attached hydrogen (secondary N) is 2. The number of benzene rings is 1. The molecule has 0 bridgehead atoms. The number of rotatable bonds is 5. The van der Waals surface area contributed by atoms with Crippen LogP contribution in [0.3, 0.4) is 0 Å². The Kier molecular flexibility index (Phi) is 4.30. The van der Waals surface area contributed by atoms with Crippen LogP contribution in [0.5, 0.6) is 5.75 Å². The summed E-state index contributed by atoms with van der Waals surface area (Å²) in [5.41, 5.74) is 9.68. The van der Waals surface area contributed by atoms with Gasteiger partial charge in [-0.3, -0.25) is 5.43 Å². The second kappa shape index (κ2) is 5.82. The van der Waals surface area contributed by atoms with E-state index < -0.39 is 6.03 Å². The zero-order valence-electron chi connectivity index (χ0n) is 7.69. The van der Waals surface area contributed by atoms with E-state index >= 15 is 0 Å². The molecular weight excluding hydrogens is 182 g/mol. The van der Waals surface area contributed by atoms with Gasteiger partial charge in [-0.25, -0.2) is 10.2 Å². The highest BCUT2D eigenvalue weighted by Gasteiger charge is 1.91. The molecule has 1 aromatic carbocycles. The molecule has 5 heteroatoms. The molecule has 1 aromatic rings. The summed E-state index contributed by atoms with van der Waals surface area (Å²) in [6.45, 7) is 0.960. The summed E-state index contributed by atoms with van der Waals surface area (Å²) in [6.07, 6.45) is 0. The third kappa shape index (κ3) is 4.32. The van der Waals surface area contributed by atoms with E-state index in [2.05, 4.69) is 10.9 Å². The van der Waals surface area contributed by atoms with E-state index in [-0.39, 0.29) is 0 Å². The van der Waals surface area contributed by atoms with Gasteiger partial charge >= 0.3 is 6.03 Å². The zero-order valence-corrected chi connectivity index (χ0v) is 7.69. The molecule has 0 atom stereocenters. The third-order valence-corrected chi connectivity index (χ3v) is 1.45. The summed E-state index contributed by atoms with van der Waals surface area (Å²) in [5.74, 6) is 0.799. The van der Waals surface area contributed by atoms with Crippen LogP contribution in [0.4, 0.5) is 4.79 Å². The number of hydrogen-bond acceptors (Lipinski definition) is 3. The fourth-order valence-electron chi connectivity index (χ4n) is 0.886. The second-order valence-electron chi connectivity index (χ2n) is 2.58. The van der Waals surface area contributed by atoms with Gasteiger partial charge in [0, 0.05) is 6.54 Å². The lowest BCUT2D eigenvalue weighted by Gasteiger charge is -2.06. The van der Waals surface area contributed by atoms with Crippen molar-refractivity contribution in [2.45, 2.75) is 0 Å². The lowest BCUT2D eigenvalue weighted by atomic mass is 10.3. The molecule has 0 aliphatic rings. The Balaban J connectivity index is 2.08. The van der Waals surface area contributed by atoms with Crippen LogP contribution < -0.4 is 21.3 Å². The normalized spacial score (nSPS) is 9.43. The maximum atomic E-state index is 10.2. The lowest BCUT2D eigenvalue weighted by Crippen LogP contribution is -2.42. The van der Waals surface area contributed by atoms with Crippen molar-refractivity contribution >= 4 is 6.03 Å². The smallest absolute Gasteiger partial charge is 0.326 e. The fraction of sp³-hybridized carbons (Fsp3) is 0.222.